The van der Waals surface area contributed by atoms with Crippen molar-refractivity contribution in [3.63, 3.8) is 0 Å². The van der Waals surface area contributed by atoms with Gasteiger partial charge in [-0.15, -0.1) is 0 Å². The SMILES string of the molecule is CC1=N[N+](CC(N)=O)(Cc2ccccc2)C(c2ccccc2)S1. The van der Waals surface area contributed by atoms with Gasteiger partial charge in [0.05, 0.1) is 0 Å². The van der Waals surface area contributed by atoms with Gasteiger partial charge in [-0.25, -0.2) is 0 Å². The van der Waals surface area contributed by atoms with Crippen LogP contribution >= 0.6 is 11.8 Å². The monoisotopic (exact) mass is 326 g/mol. The summed E-state index contributed by atoms with van der Waals surface area (Å²) in [6.07, 6.45) is 0. The fourth-order valence-electron chi connectivity index (χ4n) is 3.04. The van der Waals surface area contributed by atoms with Crippen LogP contribution in [-0.4, -0.2) is 22.1 Å². The molecule has 2 aromatic carbocycles. The van der Waals surface area contributed by atoms with Crippen LogP contribution in [0.25, 0.3) is 0 Å². The van der Waals surface area contributed by atoms with Crippen molar-refractivity contribution in [2.75, 3.05) is 6.54 Å². The largest absolute Gasteiger partial charge is 0.365 e. The summed E-state index contributed by atoms with van der Waals surface area (Å²) in [7, 11) is 0. The summed E-state index contributed by atoms with van der Waals surface area (Å²) in [4.78, 5) is 11.8. The van der Waals surface area contributed by atoms with Gasteiger partial charge in [-0.1, -0.05) is 65.8 Å². The number of nitrogens with two attached hydrogens (primary N) is 1. The Balaban J connectivity index is 2.02. The first-order valence-corrected chi connectivity index (χ1v) is 8.44. The zero-order valence-corrected chi connectivity index (χ0v) is 13.9. The van der Waals surface area contributed by atoms with Gasteiger partial charge < -0.3 is 5.73 Å². The molecule has 0 aromatic heterocycles. The minimum Gasteiger partial charge on any atom is -0.365 e. The van der Waals surface area contributed by atoms with E-state index >= 15 is 0 Å². The molecule has 1 aliphatic rings. The number of carbonyl (C=O) groups excluding carboxylic acids is 1. The molecule has 0 spiro atoms. The lowest BCUT2D eigenvalue weighted by molar-refractivity contribution is -0.952. The first-order chi connectivity index (χ1) is 11.1. The third-order valence-electron chi connectivity index (χ3n) is 3.87. The van der Waals surface area contributed by atoms with Crippen LogP contribution in [0.15, 0.2) is 65.8 Å². The second kappa shape index (κ2) is 6.56. The van der Waals surface area contributed by atoms with Gasteiger partial charge in [-0.05, 0) is 18.7 Å². The van der Waals surface area contributed by atoms with E-state index in [1.54, 1.807) is 11.8 Å². The summed E-state index contributed by atoms with van der Waals surface area (Å²) in [5, 5.41) is 5.86. The van der Waals surface area contributed by atoms with Crippen molar-refractivity contribution in [3.05, 3.63) is 71.8 Å². The highest BCUT2D eigenvalue weighted by Gasteiger charge is 2.46. The van der Waals surface area contributed by atoms with Crippen LogP contribution < -0.4 is 5.73 Å². The van der Waals surface area contributed by atoms with E-state index in [9.17, 15) is 4.79 Å². The van der Waals surface area contributed by atoms with E-state index in [2.05, 4.69) is 24.3 Å². The average Bonchev–Trinajstić information content (AvgIpc) is 2.84. The maximum atomic E-state index is 11.8. The molecule has 3 rings (SSSR count). The topological polar surface area (TPSA) is 55.4 Å². The van der Waals surface area contributed by atoms with Gasteiger partial charge in [0.25, 0.3) is 5.91 Å². The summed E-state index contributed by atoms with van der Waals surface area (Å²) in [6.45, 7) is 2.83. The summed E-state index contributed by atoms with van der Waals surface area (Å²) < 4.78 is 0.292. The number of hydrogen-bond donors (Lipinski definition) is 1. The number of quaternary nitrogens is 1. The number of carbonyl (C=O) groups is 1. The molecule has 23 heavy (non-hydrogen) atoms. The number of hydrogen-bond acceptors (Lipinski definition) is 3. The highest BCUT2D eigenvalue weighted by Crippen LogP contribution is 2.46. The Morgan fingerprint density at radius 3 is 2.35 bits per heavy atom. The maximum Gasteiger partial charge on any atom is 0.275 e. The highest BCUT2D eigenvalue weighted by molar-refractivity contribution is 8.14. The van der Waals surface area contributed by atoms with Gasteiger partial charge in [0.2, 0.25) is 0 Å². The Kier molecular flexibility index (Phi) is 4.50. The lowest BCUT2D eigenvalue weighted by Crippen LogP contribution is -2.47. The van der Waals surface area contributed by atoms with E-state index in [0.717, 1.165) is 16.2 Å². The first-order valence-electron chi connectivity index (χ1n) is 7.56. The van der Waals surface area contributed by atoms with Crippen LogP contribution in [0.4, 0.5) is 0 Å². The van der Waals surface area contributed by atoms with Crippen molar-refractivity contribution in [1.82, 2.24) is 0 Å². The van der Waals surface area contributed by atoms with E-state index in [1.807, 2.05) is 43.3 Å². The summed E-state index contributed by atoms with van der Waals surface area (Å²) >= 11 is 1.70. The van der Waals surface area contributed by atoms with Gasteiger partial charge in [-0.3, -0.25) is 4.79 Å². The predicted octanol–water partition coefficient (Wildman–Crippen LogP) is 3.27. The third kappa shape index (κ3) is 3.46. The standard InChI is InChI=1S/C18H19N3OS/c1-14-20-21(13-17(19)22,12-15-8-4-2-5-9-15)18(23-14)16-10-6-3-7-11-16/h2-11,18H,12-13H2,1H3,(H-,19,22)/p+1. The Morgan fingerprint density at radius 2 is 1.74 bits per heavy atom. The molecule has 0 saturated heterocycles. The predicted molar refractivity (Wildman–Crippen MR) is 94.4 cm³/mol. The Labute approximate surface area is 140 Å². The maximum absolute atomic E-state index is 11.8. The van der Waals surface area contributed by atoms with Crippen molar-refractivity contribution in [2.24, 2.45) is 10.8 Å². The van der Waals surface area contributed by atoms with Crippen LogP contribution in [0.3, 0.4) is 0 Å². The lowest BCUT2D eigenvalue weighted by atomic mass is 10.1. The van der Waals surface area contributed by atoms with E-state index < -0.39 is 0 Å². The molecular weight excluding hydrogens is 306 g/mol. The van der Waals surface area contributed by atoms with Crippen LogP contribution in [0.5, 0.6) is 0 Å². The first kappa shape index (κ1) is 15.8. The van der Waals surface area contributed by atoms with Crippen LogP contribution in [0.2, 0.25) is 0 Å². The number of primary amides is 1. The molecule has 1 amide bonds. The van der Waals surface area contributed by atoms with Gasteiger partial charge in [0.1, 0.15) is 11.6 Å². The molecule has 0 fully saturated rings. The van der Waals surface area contributed by atoms with Crippen molar-refractivity contribution < 1.29 is 9.39 Å². The molecule has 2 aromatic rings. The van der Waals surface area contributed by atoms with Crippen molar-refractivity contribution in [1.29, 1.82) is 0 Å². The molecule has 118 valence electrons. The molecule has 4 nitrogen and oxygen atoms in total. The molecule has 2 N–H and O–H groups in total. The fraction of sp³-hybridized carbons (Fsp3) is 0.222. The zero-order chi connectivity index (χ0) is 16.3. The Morgan fingerprint density at radius 1 is 1.13 bits per heavy atom. The molecule has 5 heteroatoms. The van der Waals surface area contributed by atoms with Crippen LogP contribution in [0, 0.1) is 0 Å². The molecule has 0 bridgehead atoms. The fourth-order valence-corrected chi connectivity index (χ4v) is 4.26. The van der Waals surface area contributed by atoms with Crippen molar-refractivity contribution in [3.8, 4) is 0 Å². The summed E-state index contributed by atoms with van der Waals surface area (Å²) in [5.41, 5.74) is 7.87. The van der Waals surface area contributed by atoms with Gasteiger partial charge in [0, 0.05) is 11.1 Å². The quantitative estimate of drug-likeness (QED) is 0.857. The van der Waals surface area contributed by atoms with E-state index in [4.69, 9.17) is 10.8 Å². The van der Waals surface area contributed by atoms with E-state index in [-0.39, 0.29) is 17.8 Å². The molecule has 0 radical (unpaired) electrons. The van der Waals surface area contributed by atoms with E-state index in [1.165, 1.54) is 0 Å². The number of thioether (sulfide) groups is 1. The Bertz CT molecular complexity index is 718. The minimum absolute atomic E-state index is 0.0453. The summed E-state index contributed by atoms with van der Waals surface area (Å²) in [5.74, 6) is -0.332. The Hall–Kier alpha value is -2.11. The van der Waals surface area contributed by atoms with Gasteiger partial charge >= 0.3 is 0 Å². The highest BCUT2D eigenvalue weighted by atomic mass is 32.2. The van der Waals surface area contributed by atoms with E-state index in [0.29, 0.717) is 11.1 Å². The second-order valence-electron chi connectivity index (χ2n) is 5.76. The molecule has 2 atom stereocenters. The van der Waals surface area contributed by atoms with Crippen molar-refractivity contribution in [2.45, 2.75) is 18.8 Å². The molecule has 2 unspecified atom stereocenters. The lowest BCUT2D eigenvalue weighted by Gasteiger charge is -2.33. The average molecular weight is 326 g/mol. The van der Waals surface area contributed by atoms with Crippen LogP contribution in [-0.2, 0) is 11.3 Å². The zero-order valence-electron chi connectivity index (χ0n) is 13.1. The molecule has 0 aliphatic carbocycles. The number of benzene rings is 2. The normalized spacial score (nSPS) is 23.5. The number of rotatable bonds is 5. The minimum atomic E-state index is -0.332. The second-order valence-corrected chi connectivity index (χ2v) is 7.03. The molecule has 1 heterocycles. The molecule has 1 aliphatic heterocycles. The van der Waals surface area contributed by atoms with Crippen LogP contribution in [0.1, 0.15) is 23.4 Å². The summed E-state index contributed by atoms with van der Waals surface area (Å²) in [6, 6.07) is 20.3. The number of amides is 1. The van der Waals surface area contributed by atoms with Gasteiger partial charge in [0.15, 0.2) is 11.9 Å². The third-order valence-corrected chi connectivity index (χ3v) is 5.18. The molecule has 0 saturated carbocycles. The molecular formula is C18H20N3OS+. The smallest absolute Gasteiger partial charge is 0.275 e. The number of nitrogens with zero attached hydrogens (tertiary/aromatic N) is 2. The van der Waals surface area contributed by atoms with Gasteiger partial charge in [-0.2, -0.15) is 4.59 Å². The van der Waals surface area contributed by atoms with Crippen molar-refractivity contribution >= 4 is 22.7 Å².